The number of nitrogens with two attached hydrogens (primary N) is 1. The molecule has 0 aliphatic heterocycles. The number of unbranched alkanes of at least 4 members (excludes halogenated alkanes) is 1. The molecule has 0 unspecified atom stereocenters. The van der Waals surface area contributed by atoms with Crippen molar-refractivity contribution >= 4 is 0 Å². The van der Waals surface area contributed by atoms with Crippen LogP contribution in [0.2, 0.25) is 0 Å². The van der Waals surface area contributed by atoms with E-state index in [1.807, 2.05) is 12.1 Å². The maximum absolute atomic E-state index is 5.83. The van der Waals surface area contributed by atoms with Crippen molar-refractivity contribution in [3.63, 3.8) is 0 Å². The van der Waals surface area contributed by atoms with Gasteiger partial charge in [0, 0.05) is 0 Å². The maximum atomic E-state index is 5.83. The van der Waals surface area contributed by atoms with Gasteiger partial charge in [0.15, 0.2) is 0 Å². The predicted molar refractivity (Wildman–Crippen MR) is 45.2 cm³/mol. The molecule has 1 heterocycles. The van der Waals surface area contributed by atoms with E-state index in [1.54, 1.807) is 6.26 Å². The zero-order valence-electron chi connectivity index (χ0n) is 6.92. The Labute approximate surface area is 67.4 Å². The first-order valence-corrected chi connectivity index (χ1v) is 4.13. The summed E-state index contributed by atoms with van der Waals surface area (Å²) in [6, 6.07) is 3.89. The third-order valence-electron chi connectivity index (χ3n) is 1.78. The third-order valence-corrected chi connectivity index (χ3v) is 1.78. The van der Waals surface area contributed by atoms with Crippen molar-refractivity contribution in [1.82, 2.24) is 0 Å². The molecule has 0 aromatic carbocycles. The molecule has 0 aliphatic carbocycles. The second-order valence-corrected chi connectivity index (χ2v) is 2.76. The Kier molecular flexibility index (Phi) is 3.17. The summed E-state index contributed by atoms with van der Waals surface area (Å²) < 4.78 is 5.17. The van der Waals surface area contributed by atoms with Gasteiger partial charge >= 0.3 is 0 Å². The summed E-state index contributed by atoms with van der Waals surface area (Å²) in [6.07, 6.45) is 5.04. The van der Waals surface area contributed by atoms with Crippen LogP contribution < -0.4 is 5.73 Å². The molecule has 0 saturated carbocycles. The minimum atomic E-state index is 0.0879. The zero-order chi connectivity index (χ0) is 8.10. The highest BCUT2D eigenvalue weighted by Gasteiger charge is 2.06. The van der Waals surface area contributed by atoms with E-state index in [1.165, 1.54) is 12.8 Å². The van der Waals surface area contributed by atoms with Crippen LogP contribution in [-0.4, -0.2) is 0 Å². The van der Waals surface area contributed by atoms with Crippen LogP contribution >= 0.6 is 0 Å². The molecule has 0 amide bonds. The van der Waals surface area contributed by atoms with Crippen molar-refractivity contribution in [3.8, 4) is 0 Å². The summed E-state index contributed by atoms with van der Waals surface area (Å²) in [5.41, 5.74) is 5.83. The van der Waals surface area contributed by atoms with Gasteiger partial charge in [-0.15, -0.1) is 0 Å². The molecule has 1 aromatic rings. The summed E-state index contributed by atoms with van der Waals surface area (Å²) in [5, 5.41) is 0. The first-order valence-electron chi connectivity index (χ1n) is 4.13. The van der Waals surface area contributed by atoms with Crippen LogP contribution in [0.5, 0.6) is 0 Å². The highest BCUT2D eigenvalue weighted by Crippen LogP contribution is 2.16. The molecule has 1 rings (SSSR count). The topological polar surface area (TPSA) is 39.2 Å². The fourth-order valence-corrected chi connectivity index (χ4v) is 1.07. The second kappa shape index (κ2) is 4.19. The number of furan rings is 1. The molecule has 62 valence electrons. The van der Waals surface area contributed by atoms with Gasteiger partial charge in [0.05, 0.1) is 12.3 Å². The fourth-order valence-electron chi connectivity index (χ4n) is 1.07. The SMILES string of the molecule is CCCC[C@@H](N)c1ccco1. The van der Waals surface area contributed by atoms with Gasteiger partial charge in [-0.3, -0.25) is 0 Å². The molecule has 2 nitrogen and oxygen atoms in total. The van der Waals surface area contributed by atoms with E-state index >= 15 is 0 Å². The van der Waals surface area contributed by atoms with Gasteiger partial charge in [0.1, 0.15) is 5.76 Å². The summed E-state index contributed by atoms with van der Waals surface area (Å²) in [7, 11) is 0. The minimum Gasteiger partial charge on any atom is -0.468 e. The number of hydrogen-bond donors (Lipinski definition) is 1. The molecule has 0 bridgehead atoms. The molecule has 0 spiro atoms. The maximum Gasteiger partial charge on any atom is 0.120 e. The van der Waals surface area contributed by atoms with Gasteiger partial charge in [0.2, 0.25) is 0 Å². The third kappa shape index (κ3) is 2.39. The van der Waals surface area contributed by atoms with Crippen LogP contribution in [0.4, 0.5) is 0 Å². The van der Waals surface area contributed by atoms with Crippen LogP contribution in [0.25, 0.3) is 0 Å². The van der Waals surface area contributed by atoms with Gasteiger partial charge in [-0.25, -0.2) is 0 Å². The lowest BCUT2D eigenvalue weighted by molar-refractivity contribution is 0.444. The Hall–Kier alpha value is -0.760. The summed E-state index contributed by atoms with van der Waals surface area (Å²) in [4.78, 5) is 0. The Morgan fingerprint density at radius 1 is 1.64 bits per heavy atom. The van der Waals surface area contributed by atoms with Crippen LogP contribution in [0.1, 0.15) is 38.0 Å². The van der Waals surface area contributed by atoms with Gasteiger partial charge < -0.3 is 10.2 Å². The Bertz CT molecular complexity index is 181. The Morgan fingerprint density at radius 2 is 2.45 bits per heavy atom. The molecule has 0 aliphatic rings. The van der Waals surface area contributed by atoms with E-state index < -0.39 is 0 Å². The first kappa shape index (κ1) is 8.34. The largest absolute Gasteiger partial charge is 0.468 e. The molecule has 11 heavy (non-hydrogen) atoms. The summed E-state index contributed by atoms with van der Waals surface area (Å²) in [5.74, 6) is 0.901. The van der Waals surface area contributed by atoms with Crippen LogP contribution in [0.15, 0.2) is 22.8 Å². The lowest BCUT2D eigenvalue weighted by Crippen LogP contribution is -2.08. The van der Waals surface area contributed by atoms with Crippen molar-refractivity contribution in [2.75, 3.05) is 0 Å². The van der Waals surface area contributed by atoms with Crippen LogP contribution in [-0.2, 0) is 0 Å². The Morgan fingerprint density at radius 3 is 3.00 bits per heavy atom. The highest BCUT2D eigenvalue weighted by molar-refractivity contribution is 5.02. The van der Waals surface area contributed by atoms with E-state index in [2.05, 4.69) is 6.92 Å². The summed E-state index contributed by atoms with van der Waals surface area (Å²) >= 11 is 0. The smallest absolute Gasteiger partial charge is 0.120 e. The standard InChI is InChI=1S/C9H15NO/c1-2-3-5-8(10)9-6-4-7-11-9/h4,6-8H,2-3,5,10H2,1H3/t8-/m1/s1. The normalized spacial score (nSPS) is 13.3. The zero-order valence-corrected chi connectivity index (χ0v) is 6.92. The molecule has 1 atom stereocenters. The van der Waals surface area contributed by atoms with Gasteiger partial charge in [-0.1, -0.05) is 19.8 Å². The Balaban J connectivity index is 2.36. The fraction of sp³-hybridized carbons (Fsp3) is 0.556. The van der Waals surface area contributed by atoms with Gasteiger partial charge in [0.25, 0.3) is 0 Å². The minimum absolute atomic E-state index is 0.0879. The quantitative estimate of drug-likeness (QED) is 0.721. The molecule has 0 fully saturated rings. The average Bonchev–Trinajstić information content (AvgIpc) is 2.52. The highest BCUT2D eigenvalue weighted by atomic mass is 16.3. The second-order valence-electron chi connectivity index (χ2n) is 2.76. The lowest BCUT2D eigenvalue weighted by Gasteiger charge is -2.06. The van der Waals surface area contributed by atoms with Crippen LogP contribution in [0, 0.1) is 0 Å². The monoisotopic (exact) mass is 153 g/mol. The molecule has 2 heteroatoms. The lowest BCUT2D eigenvalue weighted by atomic mass is 10.1. The van der Waals surface area contributed by atoms with Crippen LogP contribution in [0.3, 0.4) is 0 Å². The molecule has 0 saturated heterocycles. The molecule has 1 aromatic heterocycles. The van der Waals surface area contributed by atoms with Crippen molar-refractivity contribution in [1.29, 1.82) is 0 Å². The van der Waals surface area contributed by atoms with Crippen molar-refractivity contribution < 1.29 is 4.42 Å². The number of hydrogen-bond acceptors (Lipinski definition) is 2. The van der Waals surface area contributed by atoms with E-state index in [9.17, 15) is 0 Å². The predicted octanol–water partition coefficient (Wildman–Crippen LogP) is 2.47. The molecule has 2 N–H and O–H groups in total. The van der Waals surface area contributed by atoms with Crippen molar-refractivity contribution in [2.45, 2.75) is 32.2 Å². The van der Waals surface area contributed by atoms with Crippen molar-refractivity contribution in [2.24, 2.45) is 5.73 Å². The van der Waals surface area contributed by atoms with E-state index in [-0.39, 0.29) is 6.04 Å². The van der Waals surface area contributed by atoms with E-state index in [0.717, 1.165) is 12.2 Å². The van der Waals surface area contributed by atoms with Gasteiger partial charge in [-0.2, -0.15) is 0 Å². The van der Waals surface area contributed by atoms with Crippen molar-refractivity contribution in [3.05, 3.63) is 24.2 Å². The molecular weight excluding hydrogens is 138 g/mol. The first-order chi connectivity index (χ1) is 5.34. The van der Waals surface area contributed by atoms with E-state index in [0.29, 0.717) is 0 Å². The molecular formula is C9H15NO. The van der Waals surface area contributed by atoms with Gasteiger partial charge in [-0.05, 0) is 18.6 Å². The summed E-state index contributed by atoms with van der Waals surface area (Å²) in [6.45, 7) is 2.16. The average molecular weight is 153 g/mol. The number of rotatable bonds is 4. The molecule has 0 radical (unpaired) electrons. The van der Waals surface area contributed by atoms with E-state index in [4.69, 9.17) is 10.2 Å².